The summed E-state index contributed by atoms with van der Waals surface area (Å²) in [5.41, 5.74) is 5.65. The fourth-order valence-electron chi connectivity index (χ4n) is 1.74. The molecule has 1 heterocycles. The van der Waals surface area contributed by atoms with Gasteiger partial charge in [0.25, 0.3) is 0 Å². The van der Waals surface area contributed by atoms with E-state index in [4.69, 9.17) is 10.5 Å². The lowest BCUT2D eigenvalue weighted by atomic mass is 10.3. The van der Waals surface area contributed by atoms with E-state index in [2.05, 4.69) is 26.8 Å². The van der Waals surface area contributed by atoms with Gasteiger partial charge in [-0.15, -0.1) is 0 Å². The number of nitrogens with two attached hydrogens (primary N) is 1. The zero-order chi connectivity index (χ0) is 12.3. The number of nitrogens with zero attached hydrogens (tertiary/aromatic N) is 4. The highest BCUT2D eigenvalue weighted by Gasteiger charge is 2.31. The minimum atomic E-state index is 0.217. The Balaban J connectivity index is 2.18. The molecule has 0 saturated heterocycles. The first kappa shape index (κ1) is 11.9. The van der Waals surface area contributed by atoms with E-state index in [9.17, 15) is 0 Å². The molecule has 0 amide bonds. The number of hydrogen-bond acceptors (Lipinski definition) is 6. The molecule has 0 aliphatic heterocycles. The van der Waals surface area contributed by atoms with Crippen molar-refractivity contribution in [3.63, 3.8) is 0 Å². The van der Waals surface area contributed by atoms with Crippen molar-refractivity contribution in [1.82, 2.24) is 15.0 Å². The number of ether oxygens (including phenoxy) is 1. The summed E-state index contributed by atoms with van der Waals surface area (Å²) in [5.74, 6) is 0.860. The maximum atomic E-state index is 5.65. The zero-order valence-electron chi connectivity index (χ0n) is 10.4. The molecule has 0 spiro atoms. The SMILES string of the molecule is CCCCN(c1nc(N)nc(OC)n1)C1CC1. The maximum absolute atomic E-state index is 5.65. The van der Waals surface area contributed by atoms with Crippen molar-refractivity contribution in [2.45, 2.75) is 38.6 Å². The van der Waals surface area contributed by atoms with Gasteiger partial charge in [0.1, 0.15) is 0 Å². The third-order valence-electron chi connectivity index (χ3n) is 2.80. The molecule has 2 N–H and O–H groups in total. The molecule has 0 bridgehead atoms. The predicted molar refractivity (Wildman–Crippen MR) is 66.1 cm³/mol. The largest absolute Gasteiger partial charge is 0.467 e. The lowest BCUT2D eigenvalue weighted by molar-refractivity contribution is 0.378. The maximum Gasteiger partial charge on any atom is 0.322 e. The summed E-state index contributed by atoms with van der Waals surface area (Å²) in [5, 5.41) is 0. The molecule has 1 aromatic rings. The standard InChI is InChI=1S/C11H19N5O/c1-3-4-7-16(8-5-6-8)10-13-9(12)14-11(15-10)17-2/h8H,3-7H2,1-2H3,(H2,12,13,14,15). The van der Waals surface area contributed by atoms with E-state index in [1.54, 1.807) is 0 Å². The summed E-state index contributed by atoms with van der Waals surface area (Å²) in [6, 6.07) is 0.850. The second-order valence-corrected chi connectivity index (χ2v) is 4.26. The van der Waals surface area contributed by atoms with Gasteiger partial charge < -0.3 is 15.4 Å². The van der Waals surface area contributed by atoms with Crippen molar-refractivity contribution in [1.29, 1.82) is 0 Å². The first-order valence-corrected chi connectivity index (χ1v) is 6.06. The van der Waals surface area contributed by atoms with Crippen LogP contribution in [0.25, 0.3) is 0 Å². The number of anilines is 2. The molecule has 17 heavy (non-hydrogen) atoms. The molecular formula is C11H19N5O. The van der Waals surface area contributed by atoms with Crippen LogP contribution in [-0.4, -0.2) is 34.6 Å². The van der Waals surface area contributed by atoms with Crippen molar-refractivity contribution in [2.75, 3.05) is 24.3 Å². The van der Waals surface area contributed by atoms with Crippen LogP contribution >= 0.6 is 0 Å². The minimum Gasteiger partial charge on any atom is -0.467 e. The van der Waals surface area contributed by atoms with E-state index in [0.717, 1.165) is 19.4 Å². The van der Waals surface area contributed by atoms with E-state index in [1.165, 1.54) is 20.0 Å². The zero-order valence-corrected chi connectivity index (χ0v) is 10.4. The highest BCUT2D eigenvalue weighted by molar-refractivity contribution is 5.38. The average molecular weight is 237 g/mol. The quantitative estimate of drug-likeness (QED) is 0.802. The highest BCUT2D eigenvalue weighted by atomic mass is 16.5. The molecule has 1 aromatic heterocycles. The molecular weight excluding hydrogens is 218 g/mol. The lowest BCUT2D eigenvalue weighted by Crippen LogP contribution is -2.29. The van der Waals surface area contributed by atoms with Crippen LogP contribution in [0.1, 0.15) is 32.6 Å². The van der Waals surface area contributed by atoms with Crippen LogP contribution in [0.15, 0.2) is 0 Å². The Labute approximate surface area is 101 Å². The Bertz CT molecular complexity index is 380. The van der Waals surface area contributed by atoms with Gasteiger partial charge in [-0.25, -0.2) is 0 Å². The molecule has 2 rings (SSSR count). The smallest absolute Gasteiger partial charge is 0.322 e. The topological polar surface area (TPSA) is 77.2 Å². The van der Waals surface area contributed by atoms with Gasteiger partial charge in [-0.05, 0) is 19.3 Å². The Hall–Kier alpha value is -1.59. The number of unbranched alkanes of at least 4 members (excludes halogenated alkanes) is 1. The van der Waals surface area contributed by atoms with Gasteiger partial charge in [-0.1, -0.05) is 13.3 Å². The highest BCUT2D eigenvalue weighted by Crippen LogP contribution is 2.30. The summed E-state index contributed by atoms with van der Waals surface area (Å²) < 4.78 is 5.02. The first-order valence-electron chi connectivity index (χ1n) is 6.06. The van der Waals surface area contributed by atoms with Gasteiger partial charge in [0.15, 0.2) is 0 Å². The van der Waals surface area contributed by atoms with Crippen molar-refractivity contribution < 1.29 is 4.74 Å². The van der Waals surface area contributed by atoms with Crippen molar-refractivity contribution >= 4 is 11.9 Å². The van der Waals surface area contributed by atoms with Gasteiger partial charge in [0.2, 0.25) is 11.9 Å². The summed E-state index contributed by atoms with van der Waals surface area (Å²) in [6.07, 6.45) is 4.69. The molecule has 6 nitrogen and oxygen atoms in total. The molecule has 1 aliphatic rings. The van der Waals surface area contributed by atoms with Crippen LogP contribution in [-0.2, 0) is 0 Å². The van der Waals surface area contributed by atoms with Crippen LogP contribution in [0.4, 0.5) is 11.9 Å². The van der Waals surface area contributed by atoms with Gasteiger partial charge in [0.05, 0.1) is 7.11 Å². The normalized spacial score (nSPS) is 14.7. The lowest BCUT2D eigenvalue weighted by Gasteiger charge is -2.22. The second-order valence-electron chi connectivity index (χ2n) is 4.26. The monoisotopic (exact) mass is 237 g/mol. The number of hydrogen-bond donors (Lipinski definition) is 1. The van der Waals surface area contributed by atoms with Crippen molar-refractivity contribution in [2.24, 2.45) is 0 Å². The van der Waals surface area contributed by atoms with E-state index >= 15 is 0 Å². The van der Waals surface area contributed by atoms with Crippen LogP contribution < -0.4 is 15.4 Å². The molecule has 1 fully saturated rings. The van der Waals surface area contributed by atoms with Crippen LogP contribution in [0, 0.1) is 0 Å². The molecule has 1 saturated carbocycles. The van der Waals surface area contributed by atoms with E-state index in [-0.39, 0.29) is 12.0 Å². The molecule has 1 aliphatic carbocycles. The van der Waals surface area contributed by atoms with Crippen molar-refractivity contribution in [3.05, 3.63) is 0 Å². The van der Waals surface area contributed by atoms with E-state index < -0.39 is 0 Å². The van der Waals surface area contributed by atoms with Gasteiger partial charge in [-0.3, -0.25) is 0 Å². The van der Waals surface area contributed by atoms with Gasteiger partial charge >= 0.3 is 6.01 Å². The van der Waals surface area contributed by atoms with Crippen LogP contribution in [0.2, 0.25) is 0 Å². The Morgan fingerprint density at radius 3 is 2.71 bits per heavy atom. The van der Waals surface area contributed by atoms with Gasteiger partial charge in [0, 0.05) is 12.6 Å². The average Bonchev–Trinajstić information content (AvgIpc) is 3.13. The number of methoxy groups -OCH3 is 1. The number of aromatic nitrogens is 3. The fraction of sp³-hybridized carbons (Fsp3) is 0.727. The van der Waals surface area contributed by atoms with E-state index in [0.29, 0.717) is 12.0 Å². The Kier molecular flexibility index (Phi) is 3.61. The molecule has 6 heteroatoms. The van der Waals surface area contributed by atoms with Crippen LogP contribution in [0.3, 0.4) is 0 Å². The predicted octanol–water partition coefficient (Wildman–Crippen LogP) is 1.23. The Morgan fingerprint density at radius 2 is 2.12 bits per heavy atom. The summed E-state index contributed by atoms with van der Waals surface area (Å²) in [7, 11) is 1.53. The fourth-order valence-corrected chi connectivity index (χ4v) is 1.74. The third-order valence-corrected chi connectivity index (χ3v) is 2.80. The summed E-state index contributed by atoms with van der Waals surface area (Å²) in [6.45, 7) is 3.14. The van der Waals surface area contributed by atoms with Gasteiger partial charge in [-0.2, -0.15) is 15.0 Å². The number of rotatable bonds is 6. The second kappa shape index (κ2) is 5.16. The van der Waals surface area contributed by atoms with Crippen LogP contribution in [0.5, 0.6) is 6.01 Å². The van der Waals surface area contributed by atoms with E-state index in [1.807, 2.05) is 0 Å². The third kappa shape index (κ3) is 2.95. The number of nitrogen functional groups attached to an aromatic ring is 1. The summed E-state index contributed by atoms with van der Waals surface area (Å²) in [4.78, 5) is 14.6. The summed E-state index contributed by atoms with van der Waals surface area (Å²) >= 11 is 0. The molecule has 94 valence electrons. The Morgan fingerprint density at radius 1 is 1.35 bits per heavy atom. The minimum absolute atomic E-state index is 0.217. The molecule has 0 radical (unpaired) electrons. The first-order chi connectivity index (χ1) is 8.24. The van der Waals surface area contributed by atoms with Crippen molar-refractivity contribution in [3.8, 4) is 6.01 Å². The molecule has 0 unspecified atom stereocenters. The molecule has 0 atom stereocenters. The molecule has 0 aromatic carbocycles.